The van der Waals surface area contributed by atoms with E-state index in [-0.39, 0.29) is 23.3 Å². The zero-order chi connectivity index (χ0) is 24.9. The fourth-order valence-electron chi connectivity index (χ4n) is 5.39. The van der Waals surface area contributed by atoms with E-state index in [2.05, 4.69) is 48.0 Å². The molecule has 3 heterocycles. The topological polar surface area (TPSA) is 104 Å². The van der Waals surface area contributed by atoms with Crippen LogP contribution in [-0.2, 0) is 23.1 Å². The molecule has 4 N–H and O–H groups in total. The van der Waals surface area contributed by atoms with Crippen LogP contribution in [0.5, 0.6) is 0 Å². The third kappa shape index (κ3) is 4.61. The highest BCUT2D eigenvalue weighted by molar-refractivity contribution is 7.15. The summed E-state index contributed by atoms with van der Waals surface area (Å²) in [4.78, 5) is 36.9. The van der Waals surface area contributed by atoms with Gasteiger partial charge in [-0.05, 0) is 63.9 Å². The van der Waals surface area contributed by atoms with E-state index in [1.165, 1.54) is 5.56 Å². The predicted molar refractivity (Wildman–Crippen MR) is 141 cm³/mol. The second-order valence-electron chi connectivity index (χ2n) is 11.2. The molecule has 2 aromatic heterocycles. The first-order valence-electron chi connectivity index (χ1n) is 12.5. The average Bonchev–Trinajstić information content (AvgIpc) is 3.45. The van der Waals surface area contributed by atoms with Gasteiger partial charge in [0.15, 0.2) is 0 Å². The van der Waals surface area contributed by atoms with Crippen LogP contribution < -0.4 is 11.1 Å². The van der Waals surface area contributed by atoms with Gasteiger partial charge < -0.3 is 20.9 Å². The van der Waals surface area contributed by atoms with Gasteiger partial charge >= 0.3 is 0 Å². The molecular formula is C27H35N5O2S. The summed E-state index contributed by atoms with van der Waals surface area (Å²) in [7, 11) is 2.13. The Kier molecular flexibility index (Phi) is 6.21. The van der Waals surface area contributed by atoms with Crippen LogP contribution in [0, 0.1) is 5.92 Å². The van der Waals surface area contributed by atoms with Crippen LogP contribution in [0.1, 0.15) is 66.7 Å². The van der Waals surface area contributed by atoms with Crippen molar-refractivity contribution >= 4 is 34.1 Å². The first-order valence-corrected chi connectivity index (χ1v) is 13.3. The molecular weight excluding hydrogens is 458 g/mol. The van der Waals surface area contributed by atoms with E-state index in [9.17, 15) is 9.59 Å². The number of aromatic nitrogens is 2. The number of benzene rings is 1. The van der Waals surface area contributed by atoms with Gasteiger partial charge in [0.2, 0.25) is 5.91 Å². The zero-order valence-electron chi connectivity index (χ0n) is 21.0. The average molecular weight is 494 g/mol. The fourth-order valence-corrected chi connectivity index (χ4v) is 6.40. The number of aromatic amines is 1. The van der Waals surface area contributed by atoms with Gasteiger partial charge in [-0.15, -0.1) is 11.3 Å². The minimum atomic E-state index is -0.448. The number of primary amides is 1. The van der Waals surface area contributed by atoms with Crippen LogP contribution >= 0.6 is 11.3 Å². The van der Waals surface area contributed by atoms with Crippen LogP contribution in [0.3, 0.4) is 0 Å². The number of nitrogens with one attached hydrogen (secondary N) is 2. The van der Waals surface area contributed by atoms with Crippen molar-refractivity contribution in [2.75, 3.05) is 20.1 Å². The van der Waals surface area contributed by atoms with Gasteiger partial charge in [0, 0.05) is 40.2 Å². The quantitative estimate of drug-likeness (QED) is 0.511. The van der Waals surface area contributed by atoms with Gasteiger partial charge in [0.1, 0.15) is 0 Å². The molecule has 0 radical (unpaired) electrons. The molecule has 7 nitrogen and oxygen atoms in total. The number of thiazole rings is 1. The Balaban J connectivity index is 1.47. The van der Waals surface area contributed by atoms with Crippen molar-refractivity contribution in [2.24, 2.45) is 11.7 Å². The van der Waals surface area contributed by atoms with E-state index < -0.39 is 5.91 Å². The number of carbonyl (C=O) groups excluding carboxylic acids is 2. The molecule has 1 aliphatic heterocycles. The summed E-state index contributed by atoms with van der Waals surface area (Å²) >= 11 is 1.69. The van der Waals surface area contributed by atoms with Crippen LogP contribution in [0.25, 0.3) is 21.3 Å². The molecule has 1 aliphatic carbocycles. The largest absolute Gasteiger partial charge is 0.366 e. The molecule has 35 heavy (non-hydrogen) atoms. The van der Waals surface area contributed by atoms with Crippen molar-refractivity contribution in [1.82, 2.24) is 20.2 Å². The molecule has 1 fully saturated rings. The number of H-pyrrole nitrogens is 1. The molecule has 8 heteroatoms. The van der Waals surface area contributed by atoms with Gasteiger partial charge in [-0.3, -0.25) is 9.59 Å². The van der Waals surface area contributed by atoms with Crippen LogP contribution in [0.2, 0.25) is 0 Å². The lowest BCUT2D eigenvalue weighted by atomic mass is 9.85. The summed E-state index contributed by atoms with van der Waals surface area (Å²) in [6.07, 6.45) is 6.18. The summed E-state index contributed by atoms with van der Waals surface area (Å²) < 4.78 is 0. The lowest BCUT2D eigenvalue weighted by molar-refractivity contribution is -0.126. The maximum absolute atomic E-state index is 13.1. The molecule has 2 aliphatic rings. The van der Waals surface area contributed by atoms with Gasteiger partial charge in [-0.25, -0.2) is 4.98 Å². The van der Waals surface area contributed by atoms with Crippen molar-refractivity contribution in [2.45, 2.75) is 64.3 Å². The Morgan fingerprint density at radius 1 is 1.20 bits per heavy atom. The number of carbonyl (C=O) groups is 2. The molecule has 0 spiro atoms. The Hall–Kier alpha value is -2.71. The summed E-state index contributed by atoms with van der Waals surface area (Å²) in [5.41, 5.74) is 10.3. The van der Waals surface area contributed by atoms with E-state index in [0.717, 1.165) is 70.8 Å². The van der Waals surface area contributed by atoms with Gasteiger partial charge in [-0.2, -0.15) is 0 Å². The van der Waals surface area contributed by atoms with E-state index in [1.807, 2.05) is 18.3 Å². The van der Waals surface area contributed by atoms with E-state index in [1.54, 1.807) is 11.3 Å². The van der Waals surface area contributed by atoms with E-state index >= 15 is 0 Å². The second-order valence-corrected chi connectivity index (χ2v) is 12.2. The summed E-state index contributed by atoms with van der Waals surface area (Å²) in [6, 6.07) is 4.07. The number of fused-ring (bicyclic) bond motifs is 3. The van der Waals surface area contributed by atoms with Crippen LogP contribution in [0.4, 0.5) is 0 Å². The third-order valence-corrected chi connectivity index (χ3v) is 8.91. The predicted octanol–water partition coefficient (Wildman–Crippen LogP) is 4.00. The standard InChI is InChI=1S/C27H35N5O2S/c1-27(2,3)26-29-14-21(35-26)18-7-8-19(24(28)33)23-22(18)17-6-5-15(13-20(17)31-23)25(34)30-16-9-11-32(4)12-10-16/h7-8,14-16,31H,5-6,9-13H2,1-4H3,(H2,28,33)(H,30,34). The number of hydrogen-bond acceptors (Lipinski definition) is 5. The van der Waals surface area contributed by atoms with Crippen molar-refractivity contribution in [3.05, 3.63) is 40.2 Å². The highest BCUT2D eigenvalue weighted by atomic mass is 32.1. The molecule has 1 aromatic carbocycles. The molecule has 3 aromatic rings. The first-order chi connectivity index (χ1) is 16.6. The summed E-state index contributed by atoms with van der Waals surface area (Å²) in [5.74, 6) is -0.362. The fraction of sp³-hybridized carbons (Fsp3) is 0.519. The number of piperidine rings is 1. The number of nitrogens with zero attached hydrogens (tertiary/aromatic N) is 2. The highest BCUT2D eigenvalue weighted by Crippen LogP contribution is 2.41. The van der Waals surface area contributed by atoms with Crippen molar-refractivity contribution < 1.29 is 9.59 Å². The summed E-state index contributed by atoms with van der Waals surface area (Å²) in [6.45, 7) is 8.53. The SMILES string of the molecule is CN1CCC(NC(=O)C2CCc3c([nH]c4c(C(N)=O)ccc(-c5cnc(C(C)(C)C)s5)c34)C2)CC1. The Bertz CT molecular complexity index is 1280. The molecule has 1 saturated heterocycles. The minimum absolute atomic E-state index is 0.0267. The maximum Gasteiger partial charge on any atom is 0.250 e. The number of likely N-dealkylation sites (tertiary alicyclic amines) is 1. The van der Waals surface area contributed by atoms with E-state index in [4.69, 9.17) is 5.73 Å². The van der Waals surface area contributed by atoms with Crippen molar-refractivity contribution in [3.8, 4) is 10.4 Å². The smallest absolute Gasteiger partial charge is 0.250 e. The van der Waals surface area contributed by atoms with Gasteiger partial charge in [-0.1, -0.05) is 26.8 Å². The lowest BCUT2D eigenvalue weighted by Crippen LogP contribution is -2.46. The molecule has 5 rings (SSSR count). The number of nitrogens with two attached hydrogens (primary N) is 1. The van der Waals surface area contributed by atoms with E-state index in [0.29, 0.717) is 12.0 Å². The second kappa shape index (κ2) is 9.06. The van der Waals surface area contributed by atoms with Crippen molar-refractivity contribution in [1.29, 1.82) is 0 Å². The Labute approximate surface area is 210 Å². The molecule has 0 bridgehead atoms. The normalized spacial score (nSPS) is 19.6. The Morgan fingerprint density at radius 3 is 2.60 bits per heavy atom. The highest BCUT2D eigenvalue weighted by Gasteiger charge is 2.31. The third-order valence-electron chi connectivity index (χ3n) is 7.45. The molecule has 1 atom stereocenters. The molecule has 2 amide bonds. The molecule has 1 unspecified atom stereocenters. The summed E-state index contributed by atoms with van der Waals surface area (Å²) in [5, 5.41) is 5.43. The number of amides is 2. The number of rotatable bonds is 4. The minimum Gasteiger partial charge on any atom is -0.366 e. The van der Waals surface area contributed by atoms with Crippen LogP contribution in [0.15, 0.2) is 18.3 Å². The zero-order valence-corrected chi connectivity index (χ0v) is 21.8. The Morgan fingerprint density at radius 2 is 1.94 bits per heavy atom. The number of aryl methyl sites for hydroxylation is 1. The van der Waals surface area contributed by atoms with Gasteiger partial charge in [0.05, 0.1) is 21.0 Å². The van der Waals surface area contributed by atoms with Gasteiger partial charge in [0.25, 0.3) is 5.91 Å². The number of hydrogen-bond donors (Lipinski definition) is 3. The van der Waals surface area contributed by atoms with Crippen molar-refractivity contribution in [3.63, 3.8) is 0 Å². The monoisotopic (exact) mass is 493 g/mol. The maximum atomic E-state index is 13.1. The lowest BCUT2D eigenvalue weighted by Gasteiger charge is -2.31. The molecule has 186 valence electrons. The first kappa shape index (κ1) is 24.0. The van der Waals surface area contributed by atoms with Crippen LogP contribution in [-0.4, -0.2) is 52.9 Å². The molecule has 0 saturated carbocycles.